The molecule has 2 atom stereocenters. The number of carbonyl (C=O) groups excluding carboxylic acids is 4. The first-order chi connectivity index (χ1) is 20.7. The number of aryl methyl sites for hydroxylation is 1. The van der Waals surface area contributed by atoms with Crippen molar-refractivity contribution in [1.82, 2.24) is 0 Å². The van der Waals surface area contributed by atoms with Gasteiger partial charge in [-0.15, -0.1) is 0 Å². The molecule has 2 unspecified atom stereocenters. The summed E-state index contributed by atoms with van der Waals surface area (Å²) in [5, 5.41) is 0. The lowest BCUT2D eigenvalue weighted by Crippen LogP contribution is -2.30. The fourth-order valence-corrected chi connectivity index (χ4v) is 4.75. The summed E-state index contributed by atoms with van der Waals surface area (Å²) in [5.74, 6) is -4.11. The molecule has 4 rings (SSSR count). The number of methoxy groups -OCH3 is 1. The van der Waals surface area contributed by atoms with Gasteiger partial charge in [-0.2, -0.15) is 0 Å². The molecule has 0 aliphatic rings. The zero-order valence-electron chi connectivity index (χ0n) is 24.1. The van der Waals surface area contributed by atoms with Crippen LogP contribution in [0.4, 0.5) is 4.39 Å². The zero-order valence-corrected chi connectivity index (χ0v) is 24.1. The summed E-state index contributed by atoms with van der Waals surface area (Å²) in [7, 11) is 1.54. The predicted molar refractivity (Wildman–Crippen MR) is 160 cm³/mol. The van der Waals surface area contributed by atoms with Gasteiger partial charge in [-0.1, -0.05) is 72.3 Å². The van der Waals surface area contributed by atoms with Crippen LogP contribution in [-0.4, -0.2) is 30.6 Å². The van der Waals surface area contributed by atoms with E-state index in [0.717, 1.165) is 16.7 Å². The molecule has 0 aliphatic heterocycles. The minimum atomic E-state index is -1.000. The van der Waals surface area contributed by atoms with Gasteiger partial charge in [-0.25, -0.2) is 4.39 Å². The van der Waals surface area contributed by atoms with Crippen LogP contribution in [0.25, 0.3) is 0 Å². The van der Waals surface area contributed by atoms with Crippen LogP contribution in [0.5, 0.6) is 5.75 Å². The van der Waals surface area contributed by atoms with Crippen molar-refractivity contribution in [2.75, 3.05) is 7.11 Å². The normalized spacial score (nSPS) is 12.2. The molecule has 0 N–H and O–H groups in total. The number of benzene rings is 4. The number of carbonyl (C=O) groups is 4. The number of ether oxygens (including phenoxy) is 2. The van der Waals surface area contributed by atoms with Gasteiger partial charge in [-0.05, 0) is 67.3 Å². The van der Waals surface area contributed by atoms with E-state index in [1.807, 2.05) is 49.4 Å². The van der Waals surface area contributed by atoms with E-state index >= 15 is 0 Å². The van der Waals surface area contributed by atoms with Crippen LogP contribution in [0.3, 0.4) is 0 Å². The number of esters is 2. The highest BCUT2D eigenvalue weighted by atomic mass is 19.1. The van der Waals surface area contributed by atoms with E-state index in [2.05, 4.69) is 0 Å². The van der Waals surface area contributed by atoms with Crippen molar-refractivity contribution in [2.24, 2.45) is 11.8 Å². The third-order valence-corrected chi connectivity index (χ3v) is 7.24. The molecule has 0 aliphatic carbocycles. The molecule has 0 spiro atoms. The maximum Gasteiger partial charge on any atom is 0.317 e. The van der Waals surface area contributed by atoms with Gasteiger partial charge in [0.25, 0.3) is 0 Å². The molecule has 0 radical (unpaired) electrons. The maximum absolute atomic E-state index is 13.5. The predicted octanol–water partition coefficient (Wildman–Crippen LogP) is 6.78. The van der Waals surface area contributed by atoms with E-state index < -0.39 is 35.4 Å². The van der Waals surface area contributed by atoms with Gasteiger partial charge in [0.15, 0.2) is 11.6 Å². The third kappa shape index (κ3) is 9.04. The van der Waals surface area contributed by atoms with E-state index in [1.54, 1.807) is 36.4 Å². The van der Waals surface area contributed by atoms with Crippen LogP contribution in [0.15, 0.2) is 103 Å². The molecule has 0 amide bonds. The van der Waals surface area contributed by atoms with E-state index in [4.69, 9.17) is 9.47 Å². The van der Waals surface area contributed by atoms with Gasteiger partial charge in [0, 0.05) is 24.0 Å². The molecule has 0 bridgehead atoms. The Labute approximate surface area is 250 Å². The molecular weight excluding hydrogens is 547 g/mol. The Balaban J connectivity index is 1.54. The van der Waals surface area contributed by atoms with Crippen molar-refractivity contribution in [1.29, 1.82) is 0 Å². The number of halogens is 1. The second kappa shape index (κ2) is 14.8. The van der Waals surface area contributed by atoms with Crippen LogP contribution >= 0.6 is 0 Å². The largest absolute Gasteiger partial charge is 0.497 e. The molecule has 0 heterocycles. The quantitative estimate of drug-likeness (QED) is 0.0985. The smallest absolute Gasteiger partial charge is 0.317 e. The van der Waals surface area contributed by atoms with Crippen LogP contribution in [-0.2, 0) is 27.2 Å². The van der Waals surface area contributed by atoms with Crippen LogP contribution < -0.4 is 4.74 Å². The van der Waals surface area contributed by atoms with E-state index in [0.29, 0.717) is 11.3 Å². The van der Waals surface area contributed by atoms with Gasteiger partial charge in [0.2, 0.25) is 0 Å². The van der Waals surface area contributed by atoms with Crippen molar-refractivity contribution in [2.45, 2.75) is 32.6 Å². The second-order valence-electron chi connectivity index (χ2n) is 10.5. The lowest BCUT2D eigenvalue weighted by Gasteiger charge is -2.19. The molecule has 220 valence electrons. The summed E-state index contributed by atoms with van der Waals surface area (Å²) in [5.41, 5.74) is 3.25. The van der Waals surface area contributed by atoms with E-state index in [1.165, 1.54) is 31.4 Å². The summed E-state index contributed by atoms with van der Waals surface area (Å²) in [4.78, 5) is 53.2. The molecule has 0 fully saturated rings. The van der Waals surface area contributed by atoms with Crippen molar-refractivity contribution < 1.29 is 33.0 Å². The minimum absolute atomic E-state index is 0.120. The van der Waals surface area contributed by atoms with Gasteiger partial charge in [0.1, 0.15) is 11.6 Å². The molecule has 0 saturated carbocycles. The minimum Gasteiger partial charge on any atom is -0.497 e. The summed E-state index contributed by atoms with van der Waals surface area (Å²) in [6.07, 6.45) is -0.0892. The molecule has 4 aromatic carbocycles. The van der Waals surface area contributed by atoms with E-state index in [-0.39, 0.29) is 37.0 Å². The Hall–Kier alpha value is -4.91. The van der Waals surface area contributed by atoms with Gasteiger partial charge in [0.05, 0.1) is 18.9 Å². The van der Waals surface area contributed by atoms with Gasteiger partial charge >= 0.3 is 11.9 Å². The first-order valence-electron chi connectivity index (χ1n) is 14.0. The van der Waals surface area contributed by atoms with Crippen molar-refractivity contribution >= 4 is 23.5 Å². The molecule has 0 saturated heterocycles. The molecular formula is C36H33FO6. The number of rotatable bonds is 13. The Bertz CT molecular complexity index is 1540. The lowest BCUT2D eigenvalue weighted by molar-refractivity contribution is -0.165. The van der Waals surface area contributed by atoms with Gasteiger partial charge in [-0.3, -0.25) is 19.2 Å². The first kappa shape index (κ1) is 31.0. The van der Waals surface area contributed by atoms with Crippen LogP contribution in [0.1, 0.15) is 50.2 Å². The second-order valence-corrected chi connectivity index (χ2v) is 10.5. The standard InChI is InChI=1S/C36H33FO6/c1-24-8-12-27(13-9-24)33(38)22-29(20-25-6-4-3-5-7-25)35(40)43-36(41)30(21-26-10-18-32(42-2)19-11-26)23-34(39)28-14-16-31(37)17-15-28/h3-19,29-30H,20-23H2,1-2H3. The van der Waals surface area contributed by atoms with Crippen LogP contribution in [0, 0.1) is 24.6 Å². The van der Waals surface area contributed by atoms with E-state index in [9.17, 15) is 23.6 Å². The lowest BCUT2D eigenvalue weighted by atomic mass is 9.91. The maximum atomic E-state index is 13.5. The molecule has 6 nitrogen and oxygen atoms in total. The number of ketones is 2. The average molecular weight is 581 g/mol. The summed E-state index contributed by atoms with van der Waals surface area (Å²) < 4.78 is 24.0. The van der Waals surface area contributed by atoms with Crippen LogP contribution in [0.2, 0.25) is 0 Å². The number of Topliss-reactive ketones (excluding diaryl/α,β-unsaturated/α-hetero) is 2. The van der Waals surface area contributed by atoms with Crippen molar-refractivity contribution in [3.8, 4) is 5.75 Å². The highest BCUT2D eigenvalue weighted by Crippen LogP contribution is 2.23. The molecule has 7 heteroatoms. The topological polar surface area (TPSA) is 86.7 Å². The zero-order chi connectivity index (χ0) is 30.8. The molecule has 4 aromatic rings. The fraction of sp³-hybridized carbons (Fsp3) is 0.222. The first-order valence-corrected chi connectivity index (χ1v) is 14.0. The monoisotopic (exact) mass is 580 g/mol. The highest BCUT2D eigenvalue weighted by Gasteiger charge is 2.31. The SMILES string of the molecule is COc1ccc(CC(CC(=O)c2ccc(F)cc2)C(=O)OC(=O)C(CC(=O)c2ccc(C)cc2)Cc2ccccc2)cc1. The Kier molecular flexibility index (Phi) is 10.7. The van der Waals surface area contributed by atoms with Gasteiger partial charge < -0.3 is 9.47 Å². The third-order valence-electron chi connectivity index (χ3n) is 7.24. The summed E-state index contributed by atoms with van der Waals surface area (Å²) in [6.45, 7) is 1.92. The summed E-state index contributed by atoms with van der Waals surface area (Å²) in [6, 6.07) is 28.3. The Morgan fingerprint density at radius 1 is 0.628 bits per heavy atom. The summed E-state index contributed by atoms with van der Waals surface area (Å²) >= 11 is 0. The highest BCUT2D eigenvalue weighted by molar-refractivity contribution is 6.01. The fourth-order valence-electron chi connectivity index (χ4n) is 4.75. The Morgan fingerprint density at radius 2 is 1.09 bits per heavy atom. The molecule has 0 aromatic heterocycles. The Morgan fingerprint density at radius 3 is 1.58 bits per heavy atom. The number of hydrogen-bond acceptors (Lipinski definition) is 6. The number of hydrogen-bond donors (Lipinski definition) is 0. The molecule has 43 heavy (non-hydrogen) atoms. The average Bonchev–Trinajstić information content (AvgIpc) is 3.01. The van der Waals surface area contributed by atoms with Crippen molar-refractivity contribution in [3.05, 3.63) is 137 Å². The van der Waals surface area contributed by atoms with Crippen molar-refractivity contribution in [3.63, 3.8) is 0 Å².